The number of hydrogen-bond acceptors (Lipinski definition) is 4. The van der Waals surface area contributed by atoms with Crippen molar-refractivity contribution in [3.05, 3.63) is 22.7 Å². The molecular formula is C18H26ClNO4. The Hall–Kier alpha value is -1.46. The number of ether oxygens (including phenoxy) is 3. The Morgan fingerprint density at radius 3 is 2.88 bits per heavy atom. The summed E-state index contributed by atoms with van der Waals surface area (Å²) in [5, 5.41) is 3.25. The molecule has 6 heteroatoms. The van der Waals surface area contributed by atoms with Gasteiger partial charge in [-0.2, -0.15) is 0 Å². The van der Waals surface area contributed by atoms with Crippen LogP contribution in [0.4, 0.5) is 0 Å². The van der Waals surface area contributed by atoms with Gasteiger partial charge in [-0.1, -0.05) is 25.4 Å². The molecule has 1 aliphatic heterocycles. The molecule has 1 aromatic rings. The molecule has 0 unspecified atom stereocenters. The van der Waals surface area contributed by atoms with Crippen LogP contribution in [0.3, 0.4) is 0 Å². The lowest BCUT2D eigenvalue weighted by molar-refractivity contribution is 0.0857. The van der Waals surface area contributed by atoms with Crippen LogP contribution in [0.15, 0.2) is 12.1 Å². The van der Waals surface area contributed by atoms with E-state index < -0.39 is 0 Å². The Labute approximate surface area is 148 Å². The van der Waals surface area contributed by atoms with Crippen molar-refractivity contribution in [2.24, 2.45) is 5.92 Å². The van der Waals surface area contributed by atoms with E-state index in [9.17, 15) is 4.79 Å². The quantitative estimate of drug-likeness (QED) is 0.772. The van der Waals surface area contributed by atoms with E-state index in [0.29, 0.717) is 41.2 Å². The van der Waals surface area contributed by atoms with Crippen LogP contribution in [0.25, 0.3) is 0 Å². The minimum atomic E-state index is -0.195. The Morgan fingerprint density at radius 2 is 2.25 bits per heavy atom. The first kappa shape index (κ1) is 18.9. The first-order valence-electron chi connectivity index (χ1n) is 8.41. The van der Waals surface area contributed by atoms with E-state index in [0.717, 1.165) is 25.9 Å². The molecule has 5 nitrogen and oxygen atoms in total. The van der Waals surface area contributed by atoms with Crippen molar-refractivity contribution in [1.29, 1.82) is 0 Å². The second kappa shape index (κ2) is 9.14. The van der Waals surface area contributed by atoms with Gasteiger partial charge in [0.25, 0.3) is 5.91 Å². The third kappa shape index (κ3) is 5.28. The van der Waals surface area contributed by atoms with Gasteiger partial charge in [0, 0.05) is 18.7 Å². The second-order valence-corrected chi connectivity index (χ2v) is 6.77. The number of rotatable bonds is 8. The van der Waals surface area contributed by atoms with Crippen LogP contribution >= 0.6 is 11.6 Å². The van der Waals surface area contributed by atoms with Gasteiger partial charge in [-0.25, -0.2) is 0 Å². The summed E-state index contributed by atoms with van der Waals surface area (Å²) in [6.45, 7) is 6.08. The lowest BCUT2D eigenvalue weighted by atomic mass is 10.1. The number of hydrogen-bond donors (Lipinski definition) is 1. The van der Waals surface area contributed by atoms with Crippen LogP contribution in [-0.2, 0) is 4.74 Å². The molecule has 1 aromatic carbocycles. The summed E-state index contributed by atoms with van der Waals surface area (Å²) in [7, 11) is 1.54. The van der Waals surface area contributed by atoms with Crippen LogP contribution < -0.4 is 14.8 Å². The highest BCUT2D eigenvalue weighted by Crippen LogP contribution is 2.36. The minimum absolute atomic E-state index is 0.102. The molecule has 0 saturated carbocycles. The zero-order chi connectivity index (χ0) is 17.5. The van der Waals surface area contributed by atoms with Crippen LogP contribution in [0.5, 0.6) is 11.5 Å². The van der Waals surface area contributed by atoms with Gasteiger partial charge in [0.2, 0.25) is 0 Å². The Morgan fingerprint density at radius 1 is 1.46 bits per heavy atom. The van der Waals surface area contributed by atoms with Crippen molar-refractivity contribution in [1.82, 2.24) is 5.32 Å². The normalized spacial score (nSPS) is 17.1. The van der Waals surface area contributed by atoms with Gasteiger partial charge in [-0.05, 0) is 37.3 Å². The average molecular weight is 356 g/mol. The molecule has 1 N–H and O–H groups in total. The summed E-state index contributed by atoms with van der Waals surface area (Å²) in [6.07, 6.45) is 3.04. The fraction of sp³-hybridized carbons (Fsp3) is 0.611. The van der Waals surface area contributed by atoms with E-state index in [-0.39, 0.29) is 12.0 Å². The van der Waals surface area contributed by atoms with E-state index in [1.807, 2.05) is 0 Å². The standard InChI is InChI=1S/C18H26ClNO4/c1-12(2)6-8-24-17-15(19)9-13(10-16(17)22-3)18(21)20-11-14-5-4-7-23-14/h9-10,12,14H,4-8,11H2,1-3H3,(H,20,21)/t14-/m0/s1. The van der Waals surface area contributed by atoms with Crippen molar-refractivity contribution in [2.45, 2.75) is 39.2 Å². The molecule has 1 amide bonds. The molecule has 1 heterocycles. The summed E-state index contributed by atoms with van der Waals surface area (Å²) in [6, 6.07) is 3.26. The zero-order valence-electron chi connectivity index (χ0n) is 14.6. The smallest absolute Gasteiger partial charge is 0.251 e. The van der Waals surface area contributed by atoms with E-state index in [1.165, 1.54) is 7.11 Å². The Kier molecular flexibility index (Phi) is 7.18. The third-order valence-corrected chi connectivity index (χ3v) is 4.23. The predicted octanol–water partition coefficient (Wildman–Crippen LogP) is 3.68. The minimum Gasteiger partial charge on any atom is -0.493 e. The van der Waals surface area contributed by atoms with Crippen molar-refractivity contribution >= 4 is 17.5 Å². The summed E-state index contributed by atoms with van der Waals surface area (Å²) >= 11 is 6.29. The number of nitrogens with one attached hydrogen (secondary N) is 1. The van der Waals surface area contributed by atoms with Crippen molar-refractivity contribution < 1.29 is 19.0 Å². The second-order valence-electron chi connectivity index (χ2n) is 6.37. The number of benzene rings is 1. The van der Waals surface area contributed by atoms with Crippen LogP contribution in [0, 0.1) is 5.92 Å². The maximum absolute atomic E-state index is 12.3. The largest absolute Gasteiger partial charge is 0.493 e. The molecule has 2 rings (SSSR count). The van der Waals surface area contributed by atoms with Crippen molar-refractivity contribution in [3.8, 4) is 11.5 Å². The molecule has 0 bridgehead atoms. The van der Waals surface area contributed by atoms with Crippen LogP contribution in [-0.4, -0.2) is 38.9 Å². The number of carbonyl (C=O) groups excluding carboxylic acids is 1. The molecule has 0 aliphatic carbocycles. The van der Waals surface area contributed by atoms with Gasteiger partial charge in [0.15, 0.2) is 11.5 Å². The molecule has 1 atom stereocenters. The molecular weight excluding hydrogens is 330 g/mol. The van der Waals surface area contributed by atoms with Gasteiger partial charge in [-0.15, -0.1) is 0 Å². The van der Waals surface area contributed by atoms with Crippen molar-refractivity contribution in [2.75, 3.05) is 26.9 Å². The summed E-state index contributed by atoms with van der Waals surface area (Å²) in [4.78, 5) is 12.3. The van der Waals surface area contributed by atoms with E-state index in [1.54, 1.807) is 12.1 Å². The van der Waals surface area contributed by atoms with Gasteiger partial charge in [0.05, 0.1) is 24.8 Å². The fourth-order valence-electron chi connectivity index (χ4n) is 2.50. The highest BCUT2D eigenvalue weighted by molar-refractivity contribution is 6.32. The SMILES string of the molecule is COc1cc(C(=O)NC[C@@H]2CCCO2)cc(Cl)c1OCCC(C)C. The van der Waals surface area contributed by atoms with Crippen molar-refractivity contribution in [3.63, 3.8) is 0 Å². The molecule has 1 fully saturated rings. The summed E-state index contributed by atoms with van der Waals surface area (Å²) < 4.78 is 16.6. The third-order valence-electron chi connectivity index (χ3n) is 3.95. The molecule has 134 valence electrons. The molecule has 1 aliphatic rings. The molecule has 0 spiro atoms. The number of halogens is 1. The monoisotopic (exact) mass is 355 g/mol. The molecule has 1 saturated heterocycles. The maximum atomic E-state index is 12.3. The first-order valence-corrected chi connectivity index (χ1v) is 8.79. The number of methoxy groups -OCH3 is 1. The average Bonchev–Trinajstić information content (AvgIpc) is 3.06. The summed E-state index contributed by atoms with van der Waals surface area (Å²) in [5.41, 5.74) is 0.450. The van der Waals surface area contributed by atoms with Crippen LogP contribution in [0.2, 0.25) is 5.02 Å². The lowest BCUT2D eigenvalue weighted by Crippen LogP contribution is -2.31. The highest BCUT2D eigenvalue weighted by atomic mass is 35.5. The fourth-order valence-corrected chi connectivity index (χ4v) is 2.77. The maximum Gasteiger partial charge on any atom is 0.251 e. The van der Waals surface area contributed by atoms with Crippen LogP contribution in [0.1, 0.15) is 43.5 Å². The highest BCUT2D eigenvalue weighted by Gasteiger charge is 2.19. The van der Waals surface area contributed by atoms with Gasteiger partial charge < -0.3 is 19.5 Å². The van der Waals surface area contributed by atoms with E-state index >= 15 is 0 Å². The predicted molar refractivity (Wildman–Crippen MR) is 94.3 cm³/mol. The Balaban J connectivity index is 2.02. The van der Waals surface area contributed by atoms with E-state index in [4.69, 9.17) is 25.8 Å². The van der Waals surface area contributed by atoms with Gasteiger partial charge in [0.1, 0.15) is 0 Å². The topological polar surface area (TPSA) is 56.8 Å². The lowest BCUT2D eigenvalue weighted by Gasteiger charge is -2.15. The molecule has 0 radical (unpaired) electrons. The molecule has 0 aromatic heterocycles. The number of amides is 1. The van der Waals surface area contributed by atoms with Gasteiger partial charge in [-0.3, -0.25) is 4.79 Å². The number of carbonyl (C=O) groups is 1. The van der Waals surface area contributed by atoms with E-state index in [2.05, 4.69) is 19.2 Å². The molecule has 24 heavy (non-hydrogen) atoms. The zero-order valence-corrected chi connectivity index (χ0v) is 15.3. The summed E-state index contributed by atoms with van der Waals surface area (Å²) in [5.74, 6) is 1.29. The first-order chi connectivity index (χ1) is 11.5. The Bertz CT molecular complexity index is 556. The van der Waals surface area contributed by atoms with Gasteiger partial charge >= 0.3 is 0 Å².